The van der Waals surface area contributed by atoms with Crippen molar-refractivity contribution in [2.75, 3.05) is 19.0 Å². The number of hydrogen-bond acceptors (Lipinski definition) is 5. The highest BCUT2D eigenvalue weighted by Crippen LogP contribution is 2.49. The van der Waals surface area contributed by atoms with E-state index in [1.54, 1.807) is 25.6 Å². The summed E-state index contributed by atoms with van der Waals surface area (Å²) in [6.45, 7) is 3.83. The molecule has 0 aromatic carbocycles. The van der Waals surface area contributed by atoms with Gasteiger partial charge in [0.15, 0.2) is 0 Å². The molecule has 0 saturated heterocycles. The summed E-state index contributed by atoms with van der Waals surface area (Å²) in [5, 5.41) is 5.22. The highest BCUT2D eigenvalue weighted by atomic mass is 35.5. The topological polar surface area (TPSA) is 53.4 Å². The minimum absolute atomic E-state index is 0.164. The van der Waals surface area contributed by atoms with Crippen LogP contribution in [0.2, 0.25) is 5.02 Å². The van der Waals surface area contributed by atoms with Gasteiger partial charge in [-0.3, -0.25) is 4.68 Å². The molecule has 1 atom stereocenters. The smallest absolute Gasteiger partial charge is 0.380 e. The first-order valence-electron chi connectivity index (χ1n) is 5.17. The molecule has 98 valence electrons. The van der Waals surface area contributed by atoms with Gasteiger partial charge in [-0.2, -0.15) is 0 Å². The molecule has 0 radical (unpaired) electrons. The van der Waals surface area contributed by atoms with E-state index < -0.39 is 7.60 Å². The Morgan fingerprint density at radius 1 is 1.53 bits per heavy atom. The van der Waals surface area contributed by atoms with Gasteiger partial charge in [0.05, 0.1) is 12.8 Å². The molecular formula is C9H16ClN2O3PS. The molecule has 1 aromatic heterocycles. The fraction of sp³-hybridized carbons (Fsp3) is 0.667. The van der Waals surface area contributed by atoms with Crippen molar-refractivity contribution in [3.63, 3.8) is 0 Å². The monoisotopic (exact) mass is 298 g/mol. The molecule has 1 aromatic rings. The van der Waals surface area contributed by atoms with E-state index in [1.807, 2.05) is 6.26 Å². The minimum Gasteiger partial charge on any atom is -0.403 e. The van der Waals surface area contributed by atoms with Gasteiger partial charge in [0.1, 0.15) is 10.0 Å². The maximum absolute atomic E-state index is 12.2. The van der Waals surface area contributed by atoms with Crippen LogP contribution in [-0.4, -0.2) is 28.8 Å². The quantitative estimate of drug-likeness (QED) is 0.595. The first-order valence-corrected chi connectivity index (χ1v) is 8.50. The summed E-state index contributed by atoms with van der Waals surface area (Å²) in [6, 6.07) is 0. The molecule has 1 rings (SSSR count). The third kappa shape index (κ3) is 3.41. The first kappa shape index (κ1) is 14.9. The Labute approximate surface area is 110 Å². The van der Waals surface area contributed by atoms with E-state index in [2.05, 4.69) is 5.10 Å². The second kappa shape index (κ2) is 6.14. The summed E-state index contributed by atoms with van der Waals surface area (Å²) < 4.78 is 24.2. The van der Waals surface area contributed by atoms with Gasteiger partial charge in [0, 0.05) is 7.05 Å². The highest BCUT2D eigenvalue weighted by Gasteiger charge is 2.27. The number of hydrogen-bond donors (Lipinski definition) is 0. The third-order valence-electron chi connectivity index (χ3n) is 2.04. The molecule has 0 aliphatic heterocycles. The lowest BCUT2D eigenvalue weighted by Gasteiger charge is -2.15. The molecule has 0 fully saturated rings. The summed E-state index contributed by atoms with van der Waals surface area (Å²) in [4.78, 5) is 0. The second-order valence-corrected chi connectivity index (χ2v) is 6.66. The molecule has 0 N–H and O–H groups in total. The first-order chi connectivity index (χ1) is 7.97. The van der Waals surface area contributed by atoms with Gasteiger partial charge < -0.3 is 9.05 Å². The summed E-state index contributed by atoms with van der Waals surface area (Å²) in [5.41, 5.74) is 0. The lowest BCUT2D eigenvalue weighted by molar-refractivity contribution is 0.277. The van der Waals surface area contributed by atoms with Crippen LogP contribution in [0.5, 0.6) is 5.88 Å². The summed E-state index contributed by atoms with van der Waals surface area (Å²) in [5.74, 6) is 0.164. The zero-order chi connectivity index (χ0) is 13.1. The van der Waals surface area contributed by atoms with Crippen molar-refractivity contribution in [2.45, 2.75) is 18.9 Å². The van der Waals surface area contributed by atoms with E-state index in [4.69, 9.17) is 20.6 Å². The van der Waals surface area contributed by atoms with Crippen LogP contribution >= 0.6 is 31.0 Å². The van der Waals surface area contributed by atoms with Crippen LogP contribution in [0.15, 0.2) is 5.03 Å². The molecule has 0 amide bonds. The summed E-state index contributed by atoms with van der Waals surface area (Å²) >= 11 is 7.53. The largest absolute Gasteiger partial charge is 0.403 e. The Kier molecular flexibility index (Phi) is 5.38. The number of aryl methyl sites for hydroxylation is 1. The maximum Gasteiger partial charge on any atom is 0.380 e. The number of thioether (sulfide) groups is 1. The van der Waals surface area contributed by atoms with Gasteiger partial charge in [-0.25, -0.2) is 4.57 Å². The molecule has 0 spiro atoms. The minimum atomic E-state index is -3.14. The Morgan fingerprint density at radius 2 is 2.18 bits per heavy atom. The SMILES string of the molecule is CCOP(=O)(CC)Oc1nn(C)c(SC)c1Cl. The molecule has 0 bridgehead atoms. The van der Waals surface area contributed by atoms with Crippen LogP contribution in [0, 0.1) is 0 Å². The second-order valence-electron chi connectivity index (χ2n) is 3.19. The van der Waals surface area contributed by atoms with Crippen LogP contribution in [0.4, 0.5) is 0 Å². The average Bonchev–Trinajstić information content (AvgIpc) is 2.54. The van der Waals surface area contributed by atoms with Crippen molar-refractivity contribution in [2.24, 2.45) is 7.05 Å². The van der Waals surface area contributed by atoms with Crippen LogP contribution in [0.3, 0.4) is 0 Å². The van der Waals surface area contributed by atoms with Crippen LogP contribution in [-0.2, 0) is 16.1 Å². The van der Waals surface area contributed by atoms with Gasteiger partial charge in [-0.1, -0.05) is 18.5 Å². The van der Waals surface area contributed by atoms with Gasteiger partial charge in [0.2, 0.25) is 0 Å². The standard InChI is InChI=1S/C9H16ClN2O3PS/c1-5-14-16(13,6-2)15-8-7(10)9(17-4)12(3)11-8/h5-6H2,1-4H3. The zero-order valence-corrected chi connectivity index (χ0v) is 12.7. The van der Waals surface area contributed by atoms with Gasteiger partial charge in [0.25, 0.3) is 5.88 Å². The zero-order valence-electron chi connectivity index (χ0n) is 10.3. The van der Waals surface area contributed by atoms with Crippen molar-refractivity contribution < 1.29 is 13.6 Å². The van der Waals surface area contributed by atoms with E-state index in [9.17, 15) is 4.57 Å². The molecule has 1 unspecified atom stereocenters. The normalized spacial score (nSPS) is 14.6. The van der Waals surface area contributed by atoms with Crippen molar-refractivity contribution in [1.82, 2.24) is 9.78 Å². The van der Waals surface area contributed by atoms with E-state index in [1.165, 1.54) is 11.8 Å². The Balaban J connectivity index is 2.98. The molecule has 0 aliphatic carbocycles. The van der Waals surface area contributed by atoms with Gasteiger partial charge >= 0.3 is 7.60 Å². The van der Waals surface area contributed by atoms with Gasteiger partial charge in [-0.05, 0) is 13.2 Å². The van der Waals surface area contributed by atoms with Crippen molar-refractivity contribution in [1.29, 1.82) is 0 Å². The molecule has 8 heteroatoms. The Bertz CT molecular complexity index is 438. The number of nitrogens with zero attached hydrogens (tertiary/aromatic N) is 2. The summed E-state index contributed by atoms with van der Waals surface area (Å²) in [7, 11) is -1.38. The predicted octanol–water partition coefficient (Wildman–Crippen LogP) is 3.42. The number of halogens is 1. The van der Waals surface area contributed by atoms with Crippen molar-refractivity contribution in [3.8, 4) is 5.88 Å². The lowest BCUT2D eigenvalue weighted by atomic mass is 10.7. The van der Waals surface area contributed by atoms with E-state index in [-0.39, 0.29) is 12.0 Å². The molecular weight excluding hydrogens is 283 g/mol. The maximum atomic E-state index is 12.2. The molecule has 1 heterocycles. The molecule has 0 aliphatic rings. The van der Waals surface area contributed by atoms with E-state index in [0.717, 1.165) is 5.03 Å². The fourth-order valence-corrected chi connectivity index (χ4v) is 3.45. The third-order valence-corrected chi connectivity index (χ3v) is 5.23. The Morgan fingerprint density at radius 3 is 2.59 bits per heavy atom. The number of aromatic nitrogens is 2. The van der Waals surface area contributed by atoms with Crippen LogP contribution < -0.4 is 4.52 Å². The predicted molar refractivity (Wildman–Crippen MR) is 70.4 cm³/mol. The van der Waals surface area contributed by atoms with Crippen molar-refractivity contribution in [3.05, 3.63) is 5.02 Å². The number of rotatable bonds is 6. The average molecular weight is 299 g/mol. The molecule has 17 heavy (non-hydrogen) atoms. The van der Waals surface area contributed by atoms with E-state index >= 15 is 0 Å². The van der Waals surface area contributed by atoms with E-state index in [0.29, 0.717) is 11.6 Å². The van der Waals surface area contributed by atoms with Crippen LogP contribution in [0.25, 0.3) is 0 Å². The highest BCUT2D eigenvalue weighted by molar-refractivity contribution is 7.98. The Hall–Kier alpha value is -0.160. The lowest BCUT2D eigenvalue weighted by Crippen LogP contribution is -2.01. The molecule has 0 saturated carbocycles. The van der Waals surface area contributed by atoms with Crippen molar-refractivity contribution >= 4 is 31.0 Å². The fourth-order valence-electron chi connectivity index (χ4n) is 1.25. The molecule has 5 nitrogen and oxygen atoms in total. The summed E-state index contributed by atoms with van der Waals surface area (Å²) in [6.07, 6.45) is 2.16. The van der Waals surface area contributed by atoms with Crippen LogP contribution in [0.1, 0.15) is 13.8 Å². The van der Waals surface area contributed by atoms with Gasteiger partial charge in [-0.15, -0.1) is 16.9 Å².